The van der Waals surface area contributed by atoms with Gasteiger partial charge in [-0.05, 0) is 73.0 Å². The number of hydrogen-bond acceptors (Lipinski definition) is 6. The summed E-state index contributed by atoms with van der Waals surface area (Å²) < 4.78 is 21.9. The number of aromatic nitrogens is 3. The molecule has 4 aromatic carbocycles. The zero-order valence-corrected chi connectivity index (χ0v) is 26.7. The first-order valence-corrected chi connectivity index (χ1v) is 15.8. The van der Waals surface area contributed by atoms with E-state index in [1.54, 1.807) is 28.9 Å². The fourth-order valence-corrected chi connectivity index (χ4v) is 6.38. The van der Waals surface area contributed by atoms with Gasteiger partial charge in [0.2, 0.25) is 11.1 Å². The van der Waals surface area contributed by atoms with Gasteiger partial charge in [-0.15, -0.1) is 5.10 Å². The van der Waals surface area contributed by atoms with Crippen LogP contribution in [-0.2, 0) is 17.2 Å². The zero-order chi connectivity index (χ0) is 31.5. The highest BCUT2D eigenvalue weighted by molar-refractivity contribution is 7.98. The van der Waals surface area contributed by atoms with Crippen molar-refractivity contribution < 1.29 is 13.9 Å². The van der Waals surface area contributed by atoms with Gasteiger partial charge in [-0.1, -0.05) is 83.5 Å². The van der Waals surface area contributed by atoms with E-state index in [9.17, 15) is 9.18 Å². The lowest BCUT2D eigenvalue weighted by Gasteiger charge is -2.28. The molecule has 2 heterocycles. The number of anilines is 2. The van der Waals surface area contributed by atoms with Crippen LogP contribution in [-0.4, -0.2) is 20.7 Å². The van der Waals surface area contributed by atoms with E-state index in [-0.39, 0.29) is 18.1 Å². The first-order valence-electron chi connectivity index (χ1n) is 14.1. The van der Waals surface area contributed by atoms with Crippen LogP contribution in [0.1, 0.15) is 35.2 Å². The van der Waals surface area contributed by atoms with Gasteiger partial charge in [-0.2, -0.15) is 4.98 Å². The highest BCUT2D eigenvalue weighted by atomic mass is 35.5. The largest absolute Gasteiger partial charge is 0.489 e. The number of amides is 1. The summed E-state index contributed by atoms with van der Waals surface area (Å²) in [7, 11) is 0. The van der Waals surface area contributed by atoms with Gasteiger partial charge in [0.25, 0.3) is 5.91 Å². The molecule has 1 unspecified atom stereocenters. The van der Waals surface area contributed by atoms with Crippen molar-refractivity contribution in [1.82, 2.24) is 14.8 Å². The molecule has 7 nitrogen and oxygen atoms in total. The minimum atomic E-state index is -0.594. The Morgan fingerprint density at radius 3 is 2.51 bits per heavy atom. The summed E-state index contributed by atoms with van der Waals surface area (Å²) in [5.41, 5.74) is 4.91. The zero-order valence-electron chi connectivity index (χ0n) is 24.4. The van der Waals surface area contributed by atoms with Gasteiger partial charge in [-0.25, -0.2) is 9.07 Å². The lowest BCUT2D eigenvalue weighted by Crippen LogP contribution is -2.31. The van der Waals surface area contributed by atoms with Gasteiger partial charge in [0.05, 0.1) is 10.6 Å². The van der Waals surface area contributed by atoms with E-state index in [1.807, 2.05) is 74.5 Å². The Morgan fingerprint density at radius 2 is 1.76 bits per heavy atom. The van der Waals surface area contributed by atoms with E-state index in [4.69, 9.17) is 38.0 Å². The third kappa shape index (κ3) is 6.86. The molecule has 0 aliphatic carbocycles. The molecule has 0 bridgehead atoms. The molecule has 1 aromatic heterocycles. The quantitative estimate of drug-likeness (QED) is 0.154. The average Bonchev–Trinajstić information content (AvgIpc) is 3.42. The van der Waals surface area contributed by atoms with Crippen LogP contribution in [0.25, 0.3) is 0 Å². The molecule has 1 atom stereocenters. The van der Waals surface area contributed by atoms with Crippen LogP contribution in [0.4, 0.5) is 16.0 Å². The SMILES string of the molecule is CC1=C(C(=O)Nc2cccc(C)c2)C(c2ccc(OCc3c(F)cccc3Cl)cc2)n2nc(SCc3ccccc3Cl)nc2N1. The predicted octanol–water partition coefficient (Wildman–Crippen LogP) is 8.83. The number of thioether (sulfide) groups is 1. The Hall–Kier alpha value is -4.31. The van der Waals surface area contributed by atoms with Crippen molar-refractivity contribution >= 4 is 52.5 Å². The van der Waals surface area contributed by atoms with Gasteiger partial charge in [0.15, 0.2) is 0 Å². The Kier molecular flexibility index (Phi) is 9.11. The molecule has 45 heavy (non-hydrogen) atoms. The maximum absolute atomic E-state index is 14.3. The van der Waals surface area contributed by atoms with Crippen molar-refractivity contribution in [2.75, 3.05) is 10.6 Å². The summed E-state index contributed by atoms with van der Waals surface area (Å²) in [6, 6.07) is 26.5. The van der Waals surface area contributed by atoms with Crippen molar-refractivity contribution in [3.05, 3.63) is 140 Å². The maximum atomic E-state index is 14.3. The smallest absolute Gasteiger partial charge is 0.255 e. The lowest BCUT2D eigenvalue weighted by molar-refractivity contribution is -0.113. The van der Waals surface area contributed by atoms with E-state index in [2.05, 4.69) is 10.6 Å². The molecular weight excluding hydrogens is 632 g/mol. The molecule has 1 amide bonds. The monoisotopic (exact) mass is 659 g/mol. The molecule has 0 saturated carbocycles. The van der Waals surface area contributed by atoms with Crippen LogP contribution in [0, 0.1) is 12.7 Å². The number of allylic oxidation sites excluding steroid dienone is 1. The fourth-order valence-electron chi connectivity index (χ4n) is 5.05. The molecular formula is C34H28Cl2FN5O2S. The Labute approximate surface area is 274 Å². The fraction of sp³-hybridized carbons (Fsp3) is 0.147. The van der Waals surface area contributed by atoms with Crippen molar-refractivity contribution in [3.8, 4) is 5.75 Å². The highest BCUT2D eigenvalue weighted by Gasteiger charge is 2.34. The topological polar surface area (TPSA) is 81.1 Å². The summed E-state index contributed by atoms with van der Waals surface area (Å²) in [6.45, 7) is 3.79. The number of fused-ring (bicyclic) bond motifs is 1. The van der Waals surface area contributed by atoms with Gasteiger partial charge < -0.3 is 15.4 Å². The summed E-state index contributed by atoms with van der Waals surface area (Å²) in [5, 5.41) is 12.7. The molecule has 0 spiro atoms. The number of nitrogens with zero attached hydrogens (tertiary/aromatic N) is 3. The maximum Gasteiger partial charge on any atom is 0.255 e. The normalized spacial score (nSPS) is 14.1. The molecule has 11 heteroatoms. The number of rotatable bonds is 9. The number of aryl methyl sites for hydroxylation is 1. The van der Waals surface area contributed by atoms with Crippen LogP contribution in [0.3, 0.4) is 0 Å². The number of carbonyl (C=O) groups excluding carboxylic acids is 1. The second-order valence-electron chi connectivity index (χ2n) is 10.5. The van der Waals surface area contributed by atoms with Crippen LogP contribution >= 0.6 is 35.0 Å². The van der Waals surface area contributed by atoms with Gasteiger partial charge in [0, 0.05) is 27.7 Å². The molecule has 0 fully saturated rings. The number of benzene rings is 4. The third-order valence-electron chi connectivity index (χ3n) is 7.31. The molecule has 6 rings (SSSR count). The third-order valence-corrected chi connectivity index (χ3v) is 8.92. The molecule has 228 valence electrons. The number of nitrogens with one attached hydrogen (secondary N) is 2. The van der Waals surface area contributed by atoms with E-state index in [1.165, 1.54) is 17.8 Å². The summed E-state index contributed by atoms with van der Waals surface area (Å²) in [4.78, 5) is 18.6. The molecule has 2 N–H and O–H groups in total. The summed E-state index contributed by atoms with van der Waals surface area (Å²) in [5.74, 6) is 0.921. The first-order chi connectivity index (χ1) is 21.8. The summed E-state index contributed by atoms with van der Waals surface area (Å²) in [6.07, 6.45) is 0. The summed E-state index contributed by atoms with van der Waals surface area (Å²) >= 11 is 14.0. The minimum absolute atomic E-state index is 0.0272. The Morgan fingerprint density at radius 1 is 1.00 bits per heavy atom. The van der Waals surface area contributed by atoms with E-state index in [0.717, 1.165) is 16.7 Å². The Bertz CT molecular complexity index is 1890. The molecule has 0 radical (unpaired) electrons. The van der Waals surface area contributed by atoms with Crippen LogP contribution in [0.15, 0.2) is 107 Å². The molecule has 5 aromatic rings. The number of carbonyl (C=O) groups is 1. The Balaban J connectivity index is 1.30. The van der Waals surface area contributed by atoms with Gasteiger partial charge in [-0.3, -0.25) is 4.79 Å². The molecule has 1 aliphatic rings. The average molecular weight is 661 g/mol. The number of halogens is 3. The standard InChI is InChI=1S/C34H28Cl2FN5O2S/c1-20-7-5-9-24(17-20)39-32(43)30-21(2)38-33-40-34(45-19-23-8-3-4-10-27(23)35)41-42(33)31(30)22-13-15-25(16-14-22)44-18-26-28(36)11-6-12-29(26)37/h3-17,31H,18-19H2,1-2H3,(H,39,43)(H,38,40,41). The van der Waals surface area contributed by atoms with Crippen molar-refractivity contribution in [2.24, 2.45) is 0 Å². The van der Waals surface area contributed by atoms with Crippen LogP contribution in [0.5, 0.6) is 5.75 Å². The van der Waals surface area contributed by atoms with Crippen LogP contribution in [0.2, 0.25) is 10.0 Å². The van der Waals surface area contributed by atoms with Gasteiger partial charge in [0.1, 0.15) is 24.2 Å². The second-order valence-corrected chi connectivity index (χ2v) is 12.2. The van der Waals surface area contributed by atoms with Crippen molar-refractivity contribution in [1.29, 1.82) is 0 Å². The first kappa shape index (κ1) is 30.7. The molecule has 1 aliphatic heterocycles. The van der Waals surface area contributed by atoms with Crippen LogP contribution < -0.4 is 15.4 Å². The number of hydrogen-bond donors (Lipinski definition) is 2. The predicted molar refractivity (Wildman–Crippen MR) is 177 cm³/mol. The van der Waals surface area contributed by atoms with Crippen molar-refractivity contribution in [2.45, 2.75) is 37.4 Å². The molecule has 0 saturated heterocycles. The lowest BCUT2D eigenvalue weighted by atomic mass is 9.95. The van der Waals surface area contributed by atoms with Crippen molar-refractivity contribution in [3.63, 3.8) is 0 Å². The van der Waals surface area contributed by atoms with E-state index < -0.39 is 11.9 Å². The number of ether oxygens (including phenoxy) is 1. The minimum Gasteiger partial charge on any atom is -0.489 e. The highest BCUT2D eigenvalue weighted by Crippen LogP contribution is 2.38. The van der Waals surface area contributed by atoms with Gasteiger partial charge >= 0.3 is 0 Å². The van der Waals surface area contributed by atoms with E-state index in [0.29, 0.717) is 49.6 Å². The second kappa shape index (κ2) is 13.4. The van der Waals surface area contributed by atoms with E-state index >= 15 is 0 Å².